The van der Waals surface area contributed by atoms with Gasteiger partial charge in [0.2, 0.25) is 10.0 Å². The van der Waals surface area contributed by atoms with E-state index in [2.05, 4.69) is 4.98 Å². The molecule has 1 atom stereocenters. The third-order valence-corrected chi connectivity index (χ3v) is 4.85. The molecule has 0 spiro atoms. The van der Waals surface area contributed by atoms with Gasteiger partial charge in [0.15, 0.2) is 0 Å². The van der Waals surface area contributed by atoms with Gasteiger partial charge in [-0.05, 0) is 25.5 Å². The fraction of sp³-hybridized carbons (Fsp3) is 0.545. The molecule has 0 radical (unpaired) electrons. The van der Waals surface area contributed by atoms with E-state index in [0.717, 1.165) is 6.42 Å². The van der Waals surface area contributed by atoms with Crippen LogP contribution in [-0.4, -0.2) is 30.8 Å². The molecular weight excluding hydrogens is 238 g/mol. The molecule has 5 nitrogen and oxygen atoms in total. The summed E-state index contributed by atoms with van der Waals surface area (Å²) in [4.78, 5) is 4.21. The molecule has 0 aromatic carbocycles. The van der Waals surface area contributed by atoms with Crippen LogP contribution in [0.3, 0.4) is 0 Å². The molecule has 0 fully saturated rings. The van der Waals surface area contributed by atoms with Gasteiger partial charge in [0.05, 0.1) is 5.69 Å². The first-order valence-electron chi connectivity index (χ1n) is 5.56. The lowest BCUT2D eigenvalue weighted by Gasteiger charge is -2.22. The summed E-state index contributed by atoms with van der Waals surface area (Å²) in [7, 11) is -1.86. The van der Waals surface area contributed by atoms with Crippen molar-refractivity contribution < 1.29 is 8.42 Å². The number of hydrogen-bond acceptors (Lipinski definition) is 4. The molecule has 0 saturated carbocycles. The minimum Gasteiger partial charge on any atom is -0.325 e. The van der Waals surface area contributed by atoms with Gasteiger partial charge in [0, 0.05) is 25.8 Å². The predicted molar refractivity (Wildman–Crippen MR) is 66.8 cm³/mol. The maximum Gasteiger partial charge on any atom is 0.244 e. The fourth-order valence-corrected chi connectivity index (χ4v) is 2.73. The van der Waals surface area contributed by atoms with Gasteiger partial charge >= 0.3 is 0 Å². The normalized spacial score (nSPS) is 13.9. The van der Waals surface area contributed by atoms with Gasteiger partial charge in [0.1, 0.15) is 4.90 Å². The van der Waals surface area contributed by atoms with Crippen LogP contribution in [0.15, 0.2) is 23.2 Å². The first kappa shape index (κ1) is 14.1. The summed E-state index contributed by atoms with van der Waals surface area (Å²) >= 11 is 0. The molecule has 0 aliphatic heterocycles. The summed E-state index contributed by atoms with van der Waals surface area (Å²) in [5.41, 5.74) is 6.09. The Balaban J connectivity index is 3.04. The summed E-state index contributed by atoms with van der Waals surface area (Å²) in [6.07, 6.45) is 2.13. The van der Waals surface area contributed by atoms with Crippen molar-refractivity contribution in [2.45, 2.75) is 37.8 Å². The zero-order valence-corrected chi connectivity index (χ0v) is 11.2. The van der Waals surface area contributed by atoms with E-state index in [1.165, 1.54) is 10.5 Å². The number of rotatable bonds is 5. The van der Waals surface area contributed by atoms with Gasteiger partial charge in [0.25, 0.3) is 0 Å². The summed E-state index contributed by atoms with van der Waals surface area (Å²) in [6.45, 7) is 4.13. The van der Waals surface area contributed by atoms with Crippen LogP contribution in [-0.2, 0) is 16.6 Å². The molecule has 1 heterocycles. The lowest BCUT2D eigenvalue weighted by molar-refractivity contribution is 0.380. The third-order valence-electron chi connectivity index (χ3n) is 2.90. The highest BCUT2D eigenvalue weighted by Gasteiger charge is 2.24. The van der Waals surface area contributed by atoms with Crippen LogP contribution in [0.1, 0.15) is 26.0 Å². The van der Waals surface area contributed by atoms with Crippen molar-refractivity contribution in [2.24, 2.45) is 5.73 Å². The van der Waals surface area contributed by atoms with Crippen LogP contribution in [0.4, 0.5) is 0 Å². The van der Waals surface area contributed by atoms with Crippen molar-refractivity contribution in [3.8, 4) is 0 Å². The highest BCUT2D eigenvalue weighted by molar-refractivity contribution is 7.89. The van der Waals surface area contributed by atoms with Gasteiger partial charge in [-0.25, -0.2) is 8.42 Å². The second kappa shape index (κ2) is 5.57. The Kier molecular flexibility index (Phi) is 4.62. The number of hydrogen-bond donors (Lipinski definition) is 1. The zero-order valence-electron chi connectivity index (χ0n) is 10.4. The molecule has 1 unspecified atom stereocenters. The van der Waals surface area contributed by atoms with Crippen molar-refractivity contribution >= 4 is 10.0 Å². The average Bonchev–Trinajstić information content (AvgIpc) is 2.36. The summed E-state index contributed by atoms with van der Waals surface area (Å²) < 4.78 is 25.7. The van der Waals surface area contributed by atoms with Gasteiger partial charge in [-0.3, -0.25) is 4.98 Å². The fourth-order valence-electron chi connectivity index (χ4n) is 1.34. The highest BCUT2D eigenvalue weighted by Crippen LogP contribution is 2.16. The molecular formula is C11H19N3O2S. The van der Waals surface area contributed by atoms with E-state index in [0.29, 0.717) is 12.2 Å². The largest absolute Gasteiger partial charge is 0.325 e. The summed E-state index contributed by atoms with van der Waals surface area (Å²) in [5.74, 6) is 0. The number of aromatic nitrogens is 1. The summed E-state index contributed by atoms with van der Waals surface area (Å²) in [5, 5.41) is 0. The van der Waals surface area contributed by atoms with E-state index in [4.69, 9.17) is 5.73 Å². The maximum atomic E-state index is 12.2. The van der Waals surface area contributed by atoms with Gasteiger partial charge in [-0.1, -0.05) is 6.92 Å². The minimum atomic E-state index is -3.45. The van der Waals surface area contributed by atoms with Crippen molar-refractivity contribution in [3.63, 3.8) is 0 Å². The summed E-state index contributed by atoms with van der Waals surface area (Å²) in [6, 6.07) is 3.15. The molecule has 0 aliphatic carbocycles. The zero-order chi connectivity index (χ0) is 13.1. The van der Waals surface area contributed by atoms with E-state index < -0.39 is 10.0 Å². The van der Waals surface area contributed by atoms with Crippen LogP contribution in [0.25, 0.3) is 0 Å². The van der Waals surface area contributed by atoms with Crippen molar-refractivity contribution in [1.82, 2.24) is 9.29 Å². The van der Waals surface area contributed by atoms with Crippen molar-refractivity contribution in [3.05, 3.63) is 24.0 Å². The topological polar surface area (TPSA) is 76.3 Å². The molecule has 96 valence electrons. The van der Waals surface area contributed by atoms with Crippen LogP contribution in [0.5, 0.6) is 0 Å². The van der Waals surface area contributed by atoms with Crippen molar-refractivity contribution in [2.75, 3.05) is 7.05 Å². The Bertz CT molecular complexity index is 456. The van der Waals surface area contributed by atoms with E-state index in [-0.39, 0.29) is 10.9 Å². The second-order valence-electron chi connectivity index (χ2n) is 3.97. The third kappa shape index (κ3) is 3.02. The Hall–Kier alpha value is -0.980. The lowest BCUT2D eigenvalue weighted by Crippen LogP contribution is -2.34. The van der Waals surface area contributed by atoms with Crippen LogP contribution in [0.2, 0.25) is 0 Å². The van der Waals surface area contributed by atoms with Crippen molar-refractivity contribution in [1.29, 1.82) is 0 Å². The van der Waals surface area contributed by atoms with Crippen LogP contribution < -0.4 is 5.73 Å². The monoisotopic (exact) mass is 257 g/mol. The van der Waals surface area contributed by atoms with E-state index in [1.54, 1.807) is 19.2 Å². The standard InChI is InChI=1S/C11H19N3O2S/c1-4-9(2)14(3)17(15,16)11-6-5-10(7-12)13-8-11/h5-6,8-9H,4,7,12H2,1-3H3. The predicted octanol–water partition coefficient (Wildman–Crippen LogP) is 0.959. The molecule has 1 aromatic heterocycles. The number of nitrogens with zero attached hydrogens (tertiary/aromatic N) is 2. The van der Waals surface area contributed by atoms with Gasteiger partial charge in [-0.2, -0.15) is 4.31 Å². The number of nitrogens with two attached hydrogens (primary N) is 1. The molecule has 6 heteroatoms. The second-order valence-corrected chi connectivity index (χ2v) is 5.97. The molecule has 0 aliphatic rings. The Morgan fingerprint density at radius 2 is 2.12 bits per heavy atom. The molecule has 17 heavy (non-hydrogen) atoms. The quantitative estimate of drug-likeness (QED) is 0.852. The molecule has 0 amide bonds. The van der Waals surface area contributed by atoms with Gasteiger partial charge < -0.3 is 5.73 Å². The Labute approximate surface area is 103 Å². The number of pyridine rings is 1. The maximum absolute atomic E-state index is 12.2. The van der Waals surface area contributed by atoms with Gasteiger partial charge in [-0.15, -0.1) is 0 Å². The molecule has 1 rings (SSSR count). The molecule has 0 bridgehead atoms. The van der Waals surface area contributed by atoms with E-state index >= 15 is 0 Å². The lowest BCUT2D eigenvalue weighted by atomic mass is 10.3. The smallest absolute Gasteiger partial charge is 0.244 e. The van der Waals surface area contributed by atoms with Crippen LogP contribution >= 0.6 is 0 Å². The Morgan fingerprint density at radius 3 is 2.53 bits per heavy atom. The molecule has 0 saturated heterocycles. The molecule has 1 aromatic rings. The van der Waals surface area contributed by atoms with E-state index in [1.807, 2.05) is 13.8 Å². The first-order chi connectivity index (χ1) is 7.93. The average molecular weight is 257 g/mol. The highest BCUT2D eigenvalue weighted by atomic mass is 32.2. The minimum absolute atomic E-state index is 0.0332. The van der Waals surface area contributed by atoms with E-state index in [9.17, 15) is 8.42 Å². The molecule has 2 N–H and O–H groups in total. The Morgan fingerprint density at radius 1 is 1.47 bits per heavy atom. The SMILES string of the molecule is CCC(C)N(C)S(=O)(=O)c1ccc(CN)nc1. The van der Waals surface area contributed by atoms with Crippen LogP contribution in [0, 0.1) is 0 Å². The number of sulfonamides is 1. The first-order valence-corrected chi connectivity index (χ1v) is 7.00.